The van der Waals surface area contributed by atoms with Crippen molar-refractivity contribution in [2.24, 2.45) is 4.99 Å². The maximum absolute atomic E-state index is 4.64. The monoisotopic (exact) mass is 464 g/mol. The van der Waals surface area contributed by atoms with E-state index in [1.807, 2.05) is 59.5 Å². The summed E-state index contributed by atoms with van der Waals surface area (Å²) >= 11 is 0. The Labute approximate surface area is 171 Å². The second-order valence-corrected chi connectivity index (χ2v) is 5.67. The van der Waals surface area contributed by atoms with Gasteiger partial charge in [-0.15, -0.1) is 24.0 Å². The Kier molecular flexibility index (Phi) is 8.20. The molecule has 0 aliphatic heterocycles. The molecule has 0 atom stereocenters. The molecule has 26 heavy (non-hydrogen) atoms. The van der Waals surface area contributed by atoms with E-state index in [9.17, 15) is 0 Å². The van der Waals surface area contributed by atoms with Crippen molar-refractivity contribution in [2.45, 2.75) is 20.0 Å². The fourth-order valence-corrected chi connectivity index (χ4v) is 2.50. The number of guanidine groups is 1. The topological polar surface area (TPSA) is 59.2 Å². The van der Waals surface area contributed by atoms with Crippen LogP contribution in [0.5, 0.6) is 0 Å². The molecule has 0 saturated carbocycles. The molecule has 1 aromatic carbocycles. The van der Waals surface area contributed by atoms with Crippen LogP contribution < -0.4 is 10.6 Å². The molecule has 0 spiro atoms. The van der Waals surface area contributed by atoms with Crippen molar-refractivity contribution in [1.29, 1.82) is 0 Å². The molecule has 0 saturated heterocycles. The van der Waals surface area contributed by atoms with Gasteiger partial charge < -0.3 is 15.2 Å². The van der Waals surface area contributed by atoms with Gasteiger partial charge in [0, 0.05) is 43.8 Å². The van der Waals surface area contributed by atoms with Gasteiger partial charge in [0.1, 0.15) is 0 Å². The largest absolute Gasteiger partial charge is 0.357 e. The van der Waals surface area contributed by atoms with Crippen molar-refractivity contribution in [2.75, 3.05) is 13.1 Å². The highest BCUT2D eigenvalue weighted by Gasteiger charge is 2.02. The average molecular weight is 464 g/mol. The molecule has 2 heterocycles. The van der Waals surface area contributed by atoms with E-state index in [2.05, 4.69) is 44.6 Å². The standard InChI is InChI=1S/C19H24N6.HI/c1-2-20-19(21-10-13-24-11-6-7-12-24)22-14-17-15-23-25(16-17)18-8-4-3-5-9-18;/h3-9,11-12,15-16H,2,10,13-14H2,1H3,(H2,20,21,22);1H. The summed E-state index contributed by atoms with van der Waals surface area (Å²) in [6.07, 6.45) is 8.00. The van der Waals surface area contributed by atoms with Gasteiger partial charge in [-0.1, -0.05) is 18.2 Å². The van der Waals surface area contributed by atoms with Crippen LogP contribution in [0.15, 0.2) is 72.2 Å². The Hall–Kier alpha value is -2.29. The number of nitrogens with zero attached hydrogens (tertiary/aromatic N) is 4. The summed E-state index contributed by atoms with van der Waals surface area (Å²) in [4.78, 5) is 4.64. The number of hydrogen-bond acceptors (Lipinski definition) is 2. The Balaban J connectivity index is 0.00000243. The van der Waals surface area contributed by atoms with E-state index in [4.69, 9.17) is 0 Å². The molecule has 138 valence electrons. The molecule has 0 amide bonds. The van der Waals surface area contributed by atoms with E-state index in [1.54, 1.807) is 0 Å². The lowest BCUT2D eigenvalue weighted by Crippen LogP contribution is -2.38. The number of hydrogen-bond donors (Lipinski definition) is 2. The number of aromatic nitrogens is 3. The summed E-state index contributed by atoms with van der Waals surface area (Å²) in [5.74, 6) is 0.821. The first-order valence-corrected chi connectivity index (χ1v) is 8.57. The van der Waals surface area contributed by atoms with E-state index >= 15 is 0 Å². The molecule has 3 rings (SSSR count). The van der Waals surface area contributed by atoms with Crippen molar-refractivity contribution < 1.29 is 0 Å². The molecule has 7 heteroatoms. The van der Waals surface area contributed by atoms with Crippen molar-refractivity contribution in [3.8, 4) is 5.69 Å². The van der Waals surface area contributed by atoms with Crippen molar-refractivity contribution in [3.63, 3.8) is 0 Å². The highest BCUT2D eigenvalue weighted by Crippen LogP contribution is 2.08. The molecule has 2 aromatic heterocycles. The molecule has 2 N–H and O–H groups in total. The summed E-state index contributed by atoms with van der Waals surface area (Å²) in [5.41, 5.74) is 2.13. The van der Waals surface area contributed by atoms with Crippen LogP contribution in [0, 0.1) is 0 Å². The summed E-state index contributed by atoms with van der Waals surface area (Å²) in [7, 11) is 0. The van der Waals surface area contributed by atoms with E-state index in [0.717, 1.165) is 36.8 Å². The summed E-state index contributed by atoms with van der Waals surface area (Å²) in [6, 6.07) is 14.1. The van der Waals surface area contributed by atoms with Crippen LogP contribution in [0.4, 0.5) is 0 Å². The summed E-state index contributed by atoms with van der Waals surface area (Å²) in [5, 5.41) is 11.0. The predicted molar refractivity (Wildman–Crippen MR) is 116 cm³/mol. The lowest BCUT2D eigenvalue weighted by atomic mass is 10.3. The van der Waals surface area contributed by atoms with Gasteiger partial charge in [-0.3, -0.25) is 0 Å². The zero-order chi connectivity index (χ0) is 17.3. The van der Waals surface area contributed by atoms with Crippen molar-refractivity contribution in [1.82, 2.24) is 25.0 Å². The van der Waals surface area contributed by atoms with Gasteiger partial charge in [-0.05, 0) is 31.2 Å². The number of rotatable bonds is 7. The smallest absolute Gasteiger partial charge is 0.191 e. The van der Waals surface area contributed by atoms with Crippen LogP contribution in [-0.4, -0.2) is 33.4 Å². The number of aliphatic imine (C=N–C) groups is 1. The number of para-hydroxylation sites is 1. The second kappa shape index (κ2) is 10.6. The second-order valence-electron chi connectivity index (χ2n) is 5.67. The van der Waals surface area contributed by atoms with Crippen molar-refractivity contribution >= 4 is 29.9 Å². The number of nitrogens with one attached hydrogen (secondary N) is 2. The highest BCUT2D eigenvalue weighted by molar-refractivity contribution is 14.0. The normalized spacial score (nSPS) is 11.0. The Bertz CT molecular complexity index is 779. The van der Waals surface area contributed by atoms with Crippen LogP contribution in [0.25, 0.3) is 5.69 Å². The fraction of sp³-hybridized carbons (Fsp3) is 0.263. The molecule has 0 aliphatic carbocycles. The molecule has 0 radical (unpaired) electrons. The third-order valence-electron chi connectivity index (χ3n) is 3.75. The third-order valence-corrected chi connectivity index (χ3v) is 3.75. The van der Waals surface area contributed by atoms with Gasteiger partial charge in [0.25, 0.3) is 0 Å². The van der Waals surface area contributed by atoms with E-state index in [1.165, 1.54) is 0 Å². The minimum atomic E-state index is 0. The maximum atomic E-state index is 4.64. The summed E-state index contributed by atoms with van der Waals surface area (Å²) in [6.45, 7) is 5.22. The first-order chi connectivity index (χ1) is 12.3. The molecule has 3 aromatic rings. The molecule has 0 unspecified atom stereocenters. The first kappa shape index (κ1) is 20.0. The molecular weight excluding hydrogens is 439 g/mol. The van der Waals surface area contributed by atoms with Gasteiger partial charge in [-0.2, -0.15) is 5.10 Å². The minimum Gasteiger partial charge on any atom is -0.357 e. The van der Waals surface area contributed by atoms with Crippen LogP contribution in [0.3, 0.4) is 0 Å². The quantitative estimate of drug-likeness (QED) is 0.321. The Morgan fingerprint density at radius 1 is 1.08 bits per heavy atom. The Morgan fingerprint density at radius 2 is 1.85 bits per heavy atom. The van der Waals surface area contributed by atoms with Gasteiger partial charge in [0.2, 0.25) is 0 Å². The van der Waals surface area contributed by atoms with Gasteiger partial charge in [0.15, 0.2) is 5.96 Å². The SMILES string of the molecule is CCNC(=NCc1cnn(-c2ccccc2)c1)NCCn1cccc1.I. The third kappa shape index (κ3) is 5.91. The van der Waals surface area contributed by atoms with Gasteiger partial charge >= 0.3 is 0 Å². The maximum Gasteiger partial charge on any atom is 0.191 e. The Morgan fingerprint density at radius 3 is 2.58 bits per heavy atom. The van der Waals surface area contributed by atoms with Gasteiger partial charge in [0.05, 0.1) is 18.4 Å². The zero-order valence-electron chi connectivity index (χ0n) is 14.9. The highest BCUT2D eigenvalue weighted by atomic mass is 127. The molecular formula is C19H25IN6. The zero-order valence-corrected chi connectivity index (χ0v) is 17.2. The number of benzene rings is 1. The lowest BCUT2D eigenvalue weighted by molar-refractivity contribution is 0.666. The van der Waals surface area contributed by atoms with Crippen LogP contribution in [0.1, 0.15) is 12.5 Å². The molecule has 0 bridgehead atoms. The minimum absolute atomic E-state index is 0. The average Bonchev–Trinajstić information content (AvgIpc) is 3.32. The van der Waals surface area contributed by atoms with Crippen LogP contribution >= 0.6 is 24.0 Å². The van der Waals surface area contributed by atoms with E-state index in [0.29, 0.717) is 6.54 Å². The summed E-state index contributed by atoms with van der Waals surface area (Å²) < 4.78 is 4.01. The molecule has 0 aliphatic rings. The first-order valence-electron chi connectivity index (χ1n) is 8.57. The molecule has 6 nitrogen and oxygen atoms in total. The lowest BCUT2D eigenvalue weighted by Gasteiger charge is -2.11. The van der Waals surface area contributed by atoms with Crippen LogP contribution in [0.2, 0.25) is 0 Å². The van der Waals surface area contributed by atoms with Crippen molar-refractivity contribution in [3.05, 3.63) is 72.8 Å². The van der Waals surface area contributed by atoms with Gasteiger partial charge in [-0.25, -0.2) is 9.67 Å². The molecule has 0 fully saturated rings. The predicted octanol–water partition coefficient (Wildman–Crippen LogP) is 3.05. The van der Waals surface area contributed by atoms with E-state index < -0.39 is 0 Å². The fourth-order valence-electron chi connectivity index (χ4n) is 2.50. The van der Waals surface area contributed by atoms with Crippen LogP contribution in [-0.2, 0) is 13.1 Å². The van der Waals surface area contributed by atoms with E-state index in [-0.39, 0.29) is 24.0 Å². The number of halogens is 1.